The van der Waals surface area contributed by atoms with E-state index in [1.165, 1.54) is 6.07 Å². The normalized spacial score (nSPS) is 12.3. The summed E-state index contributed by atoms with van der Waals surface area (Å²) in [5, 5.41) is 0.542. The van der Waals surface area contributed by atoms with Gasteiger partial charge in [-0.15, -0.1) is 0 Å². The summed E-state index contributed by atoms with van der Waals surface area (Å²) in [6.07, 6.45) is -0.00204. The largest absolute Gasteiger partial charge is 0.466 e. The first kappa shape index (κ1) is 11.6. The molecule has 0 fully saturated rings. The number of halogens is 3. The fraction of sp³-hybridized carbons (Fsp3) is 0.250. The molecule has 1 aromatic rings. The Hall–Kier alpha value is -0.510. The number of ether oxygens (including phenoxy) is 1. The summed E-state index contributed by atoms with van der Waals surface area (Å²) in [7, 11) is 0. The number of rotatable bonds is 3. The van der Waals surface area contributed by atoms with Crippen molar-refractivity contribution in [3.05, 3.63) is 21.3 Å². The van der Waals surface area contributed by atoms with Crippen LogP contribution < -0.4 is 4.74 Å². The molecular formula is C8H6Cl3NO2. The summed E-state index contributed by atoms with van der Waals surface area (Å²) in [5.41, 5.74) is 0. The Morgan fingerprint density at radius 1 is 1.43 bits per heavy atom. The number of hydrogen-bond donors (Lipinski definition) is 0. The molecule has 0 N–H and O–H groups in total. The van der Waals surface area contributed by atoms with Crippen LogP contribution in [0.2, 0.25) is 15.2 Å². The van der Waals surface area contributed by atoms with Gasteiger partial charge < -0.3 is 4.74 Å². The number of carbonyl (C=O) groups is 1. The van der Waals surface area contributed by atoms with Gasteiger partial charge in [0.2, 0.25) is 5.88 Å². The number of hydrogen-bond acceptors (Lipinski definition) is 3. The first-order valence-corrected chi connectivity index (χ1v) is 4.81. The number of aldehydes is 1. The van der Waals surface area contributed by atoms with Crippen LogP contribution in [0.15, 0.2) is 6.07 Å². The number of pyridine rings is 1. The molecule has 0 amide bonds. The number of nitrogens with zero attached hydrogens (tertiary/aromatic N) is 1. The number of aromatic nitrogens is 1. The quantitative estimate of drug-likeness (QED) is 0.615. The Bertz CT molecular complexity index is 357. The van der Waals surface area contributed by atoms with E-state index in [-0.39, 0.29) is 21.1 Å². The third-order valence-corrected chi connectivity index (χ3v) is 2.29. The third-order valence-electron chi connectivity index (χ3n) is 1.34. The average Bonchev–Trinajstić information content (AvgIpc) is 2.14. The van der Waals surface area contributed by atoms with E-state index in [9.17, 15) is 4.79 Å². The third kappa shape index (κ3) is 2.74. The van der Waals surface area contributed by atoms with E-state index in [4.69, 9.17) is 39.5 Å². The monoisotopic (exact) mass is 253 g/mol. The molecule has 0 aromatic carbocycles. The zero-order chi connectivity index (χ0) is 10.7. The van der Waals surface area contributed by atoms with Crippen LogP contribution in [0.4, 0.5) is 0 Å². The van der Waals surface area contributed by atoms with Gasteiger partial charge in [0.15, 0.2) is 17.5 Å². The van der Waals surface area contributed by atoms with Crippen LogP contribution in [0.3, 0.4) is 0 Å². The molecule has 1 unspecified atom stereocenters. The SMILES string of the molecule is CC(C=O)Oc1nc(Cl)c(Cl)cc1Cl. The van der Waals surface area contributed by atoms with Gasteiger partial charge in [0.1, 0.15) is 5.02 Å². The van der Waals surface area contributed by atoms with Gasteiger partial charge >= 0.3 is 0 Å². The fourth-order valence-electron chi connectivity index (χ4n) is 0.715. The van der Waals surface area contributed by atoms with E-state index in [1.54, 1.807) is 6.92 Å². The zero-order valence-electron chi connectivity index (χ0n) is 7.13. The maximum absolute atomic E-state index is 10.3. The maximum Gasteiger partial charge on any atom is 0.234 e. The van der Waals surface area contributed by atoms with Gasteiger partial charge in [0.25, 0.3) is 0 Å². The van der Waals surface area contributed by atoms with Crippen molar-refractivity contribution in [1.29, 1.82) is 0 Å². The lowest BCUT2D eigenvalue weighted by Crippen LogP contribution is -2.13. The zero-order valence-corrected chi connectivity index (χ0v) is 9.40. The van der Waals surface area contributed by atoms with E-state index >= 15 is 0 Å². The molecule has 1 aromatic heterocycles. The molecule has 1 rings (SSSR count). The second-order valence-corrected chi connectivity index (χ2v) is 3.68. The van der Waals surface area contributed by atoms with Crippen molar-refractivity contribution in [2.45, 2.75) is 13.0 Å². The predicted octanol–water partition coefficient (Wildman–Crippen LogP) is 3.01. The first-order chi connectivity index (χ1) is 6.54. The predicted molar refractivity (Wildman–Crippen MR) is 55.4 cm³/mol. The van der Waals surface area contributed by atoms with E-state index in [1.807, 2.05) is 0 Å². The highest BCUT2D eigenvalue weighted by Gasteiger charge is 2.11. The topological polar surface area (TPSA) is 39.2 Å². The number of carbonyl (C=O) groups excluding carboxylic acids is 1. The minimum absolute atomic E-state index is 0.0872. The van der Waals surface area contributed by atoms with Crippen LogP contribution in [0.5, 0.6) is 5.88 Å². The van der Waals surface area contributed by atoms with Crippen molar-refractivity contribution >= 4 is 41.1 Å². The lowest BCUT2D eigenvalue weighted by molar-refractivity contribution is -0.113. The highest BCUT2D eigenvalue weighted by molar-refractivity contribution is 6.42. The first-order valence-electron chi connectivity index (χ1n) is 3.68. The molecule has 0 saturated heterocycles. The van der Waals surface area contributed by atoms with Gasteiger partial charge in [-0.2, -0.15) is 4.98 Å². The van der Waals surface area contributed by atoms with Gasteiger partial charge in [0, 0.05) is 0 Å². The van der Waals surface area contributed by atoms with Crippen LogP contribution in [0, 0.1) is 0 Å². The maximum atomic E-state index is 10.3. The fourth-order valence-corrected chi connectivity index (χ4v) is 1.25. The van der Waals surface area contributed by atoms with Gasteiger partial charge in [-0.1, -0.05) is 34.8 Å². The molecule has 1 heterocycles. The van der Waals surface area contributed by atoms with E-state index in [2.05, 4.69) is 4.98 Å². The molecule has 76 valence electrons. The van der Waals surface area contributed by atoms with Gasteiger partial charge in [-0.3, -0.25) is 4.79 Å². The standard InChI is InChI=1S/C8H6Cl3NO2/c1-4(3-13)14-8-6(10)2-5(9)7(11)12-8/h2-4H,1H3. The molecule has 0 aliphatic carbocycles. The smallest absolute Gasteiger partial charge is 0.234 e. The summed E-state index contributed by atoms with van der Waals surface area (Å²) in [4.78, 5) is 14.1. The van der Waals surface area contributed by atoms with E-state index < -0.39 is 6.10 Å². The van der Waals surface area contributed by atoms with Crippen LogP contribution in [-0.2, 0) is 4.79 Å². The van der Waals surface area contributed by atoms with Crippen molar-refractivity contribution in [2.24, 2.45) is 0 Å². The molecule has 3 nitrogen and oxygen atoms in total. The van der Waals surface area contributed by atoms with Gasteiger partial charge in [-0.05, 0) is 13.0 Å². The summed E-state index contributed by atoms with van der Waals surface area (Å²) < 4.78 is 5.08. The van der Waals surface area contributed by atoms with Gasteiger partial charge in [0.05, 0.1) is 5.02 Å². The van der Waals surface area contributed by atoms with Crippen LogP contribution in [-0.4, -0.2) is 17.4 Å². The summed E-state index contributed by atoms with van der Waals surface area (Å²) >= 11 is 17.1. The summed E-state index contributed by atoms with van der Waals surface area (Å²) in [6, 6.07) is 1.41. The minimum atomic E-state index is -0.628. The van der Waals surface area contributed by atoms with Crippen LogP contribution in [0.25, 0.3) is 0 Å². The molecule has 0 spiro atoms. The van der Waals surface area contributed by atoms with Crippen LogP contribution >= 0.6 is 34.8 Å². The van der Waals surface area contributed by atoms with Crippen molar-refractivity contribution < 1.29 is 9.53 Å². The molecule has 14 heavy (non-hydrogen) atoms. The van der Waals surface area contributed by atoms with Crippen molar-refractivity contribution in [2.75, 3.05) is 0 Å². The Morgan fingerprint density at radius 3 is 2.64 bits per heavy atom. The molecule has 0 saturated carbocycles. The van der Waals surface area contributed by atoms with E-state index in [0.29, 0.717) is 6.29 Å². The van der Waals surface area contributed by atoms with Crippen LogP contribution in [0.1, 0.15) is 6.92 Å². The molecule has 0 radical (unpaired) electrons. The highest BCUT2D eigenvalue weighted by Crippen LogP contribution is 2.30. The second-order valence-electron chi connectivity index (χ2n) is 2.51. The summed E-state index contributed by atoms with van der Waals surface area (Å²) in [5.74, 6) is 0.0978. The second kappa shape index (κ2) is 4.82. The Labute approximate surface area is 95.9 Å². The lowest BCUT2D eigenvalue weighted by atomic mass is 10.4. The molecule has 0 aliphatic rings. The molecule has 6 heteroatoms. The molecule has 0 aliphatic heterocycles. The highest BCUT2D eigenvalue weighted by atomic mass is 35.5. The van der Waals surface area contributed by atoms with Crippen molar-refractivity contribution in [3.8, 4) is 5.88 Å². The summed E-state index contributed by atoms with van der Waals surface area (Å²) in [6.45, 7) is 1.56. The molecular weight excluding hydrogens is 248 g/mol. The van der Waals surface area contributed by atoms with Crippen molar-refractivity contribution in [1.82, 2.24) is 4.98 Å². The lowest BCUT2D eigenvalue weighted by Gasteiger charge is -2.09. The van der Waals surface area contributed by atoms with Crippen molar-refractivity contribution in [3.63, 3.8) is 0 Å². The average molecular weight is 254 g/mol. The Morgan fingerprint density at radius 2 is 2.07 bits per heavy atom. The van der Waals surface area contributed by atoms with E-state index in [0.717, 1.165) is 0 Å². The van der Waals surface area contributed by atoms with Gasteiger partial charge in [-0.25, -0.2) is 0 Å². The molecule has 0 bridgehead atoms. The minimum Gasteiger partial charge on any atom is -0.466 e. The Kier molecular flexibility index (Phi) is 3.98. The Balaban J connectivity index is 2.97. The molecule has 1 atom stereocenters.